The molecule has 4 N–H and O–H groups in total. The van der Waals surface area contributed by atoms with Crippen LogP contribution in [0.3, 0.4) is 0 Å². The number of benzene rings is 1. The van der Waals surface area contributed by atoms with Gasteiger partial charge in [-0.1, -0.05) is 24.0 Å². The highest BCUT2D eigenvalue weighted by Gasteiger charge is 2.42. The van der Waals surface area contributed by atoms with E-state index >= 15 is 0 Å². The number of nitrogens with zero attached hydrogens (tertiary/aromatic N) is 3. The number of hydrogen-bond acceptors (Lipinski definition) is 7. The Balaban J connectivity index is 1.60. The van der Waals surface area contributed by atoms with E-state index in [1.54, 1.807) is 31.3 Å². The summed E-state index contributed by atoms with van der Waals surface area (Å²) in [6.45, 7) is 1.67. The van der Waals surface area contributed by atoms with E-state index in [1.807, 2.05) is 0 Å². The van der Waals surface area contributed by atoms with E-state index < -0.39 is 17.4 Å². The van der Waals surface area contributed by atoms with Gasteiger partial charge in [0.05, 0.1) is 24.5 Å². The number of hydrogen-bond donors (Lipinski definition) is 3. The molecule has 31 heavy (non-hydrogen) atoms. The van der Waals surface area contributed by atoms with Crippen LogP contribution in [-0.4, -0.2) is 70.2 Å². The third-order valence-electron chi connectivity index (χ3n) is 5.36. The van der Waals surface area contributed by atoms with Gasteiger partial charge in [-0.25, -0.2) is 9.97 Å². The van der Waals surface area contributed by atoms with Gasteiger partial charge in [-0.15, -0.1) is 0 Å². The Labute approximate surface area is 179 Å². The fourth-order valence-corrected chi connectivity index (χ4v) is 3.56. The highest BCUT2D eigenvalue weighted by molar-refractivity contribution is 5.96. The summed E-state index contributed by atoms with van der Waals surface area (Å²) in [5.74, 6) is 4.81. The summed E-state index contributed by atoms with van der Waals surface area (Å²) in [4.78, 5) is 34.2. The zero-order valence-corrected chi connectivity index (χ0v) is 17.1. The Morgan fingerprint density at radius 2 is 2.29 bits per heavy atom. The molecule has 0 bridgehead atoms. The normalized spacial score (nSPS) is 22.8. The van der Waals surface area contributed by atoms with E-state index in [0.29, 0.717) is 42.4 Å². The van der Waals surface area contributed by atoms with E-state index in [1.165, 1.54) is 11.1 Å². The molecule has 0 radical (unpaired) electrons. The Hall–Kier alpha value is -3.48. The number of nitrogens with one attached hydrogen (secondary N) is 1. The molecule has 0 unspecified atom stereocenters. The number of amides is 2. The maximum absolute atomic E-state index is 12.1. The zero-order valence-electron chi connectivity index (χ0n) is 17.1. The van der Waals surface area contributed by atoms with Crippen molar-refractivity contribution in [3.8, 4) is 23.2 Å². The summed E-state index contributed by atoms with van der Waals surface area (Å²) in [5, 5.41) is 13.7. The summed E-state index contributed by atoms with van der Waals surface area (Å²) in [6, 6.07) is 7.12. The molecule has 2 aliphatic rings. The predicted octanol–water partition coefficient (Wildman–Crippen LogP) is 0.388. The Morgan fingerprint density at radius 1 is 1.45 bits per heavy atom. The van der Waals surface area contributed by atoms with Crippen LogP contribution in [0.15, 0.2) is 30.5 Å². The molecule has 160 valence electrons. The van der Waals surface area contributed by atoms with E-state index in [-0.39, 0.29) is 18.2 Å². The lowest BCUT2D eigenvalue weighted by atomic mass is 10.0. The monoisotopic (exact) mass is 421 g/mol. The first-order valence-corrected chi connectivity index (χ1v) is 9.98. The summed E-state index contributed by atoms with van der Waals surface area (Å²) in [7, 11) is 1.63. The van der Waals surface area contributed by atoms with Crippen LogP contribution in [0.2, 0.25) is 0 Å². The zero-order chi connectivity index (χ0) is 22.0. The van der Waals surface area contributed by atoms with Crippen molar-refractivity contribution in [1.29, 1.82) is 0 Å². The maximum atomic E-state index is 12.1. The molecule has 9 nitrogen and oxygen atoms in total. The summed E-state index contributed by atoms with van der Waals surface area (Å²) in [5.41, 5.74) is 5.65. The number of carbonyl (C=O) groups is 2. The van der Waals surface area contributed by atoms with Crippen LogP contribution in [0, 0.1) is 11.8 Å². The molecule has 2 aliphatic heterocycles. The molecule has 0 saturated carbocycles. The van der Waals surface area contributed by atoms with Crippen molar-refractivity contribution in [2.24, 2.45) is 5.73 Å². The van der Waals surface area contributed by atoms with Crippen LogP contribution < -0.4 is 11.1 Å². The van der Waals surface area contributed by atoms with Gasteiger partial charge >= 0.3 is 0 Å². The predicted molar refractivity (Wildman–Crippen MR) is 113 cm³/mol. The van der Waals surface area contributed by atoms with Gasteiger partial charge in [-0.3, -0.25) is 9.59 Å². The number of aromatic nitrogens is 2. The molecular weight excluding hydrogens is 398 g/mol. The first-order valence-electron chi connectivity index (χ1n) is 9.98. The van der Waals surface area contributed by atoms with Gasteiger partial charge in [-0.2, -0.15) is 0 Å². The largest absolute Gasteiger partial charge is 0.379 e. The summed E-state index contributed by atoms with van der Waals surface area (Å²) >= 11 is 0. The van der Waals surface area contributed by atoms with Crippen molar-refractivity contribution in [2.45, 2.75) is 24.5 Å². The highest BCUT2D eigenvalue weighted by Crippen LogP contribution is 2.23. The number of primary amides is 1. The van der Waals surface area contributed by atoms with E-state index in [4.69, 9.17) is 10.5 Å². The van der Waals surface area contributed by atoms with Crippen molar-refractivity contribution in [1.82, 2.24) is 14.9 Å². The minimum atomic E-state index is -1.67. The number of aliphatic hydroxyl groups is 1. The molecule has 2 saturated heterocycles. The molecule has 2 fully saturated rings. The molecule has 3 heterocycles. The van der Waals surface area contributed by atoms with E-state index in [2.05, 4.69) is 27.1 Å². The lowest BCUT2D eigenvalue weighted by Gasteiger charge is -2.14. The molecule has 0 spiro atoms. The fraction of sp³-hybridized carbons (Fsp3) is 0.364. The number of ether oxygens (including phenoxy) is 1. The molecule has 2 atom stereocenters. The standard InChI is InChI=1S/C22H23N5O4/c1-27-9-8-22(30,21(27)29)7-5-14-3-2-4-15(11-14)20-24-12-17(18(26-20)19(23)28)25-16-6-10-31-13-16/h2-4,11-12,16,25,30H,6,8-10,13H2,1H3,(H2,23,28)/t16-,22+/m1/s1. The third-order valence-corrected chi connectivity index (χ3v) is 5.36. The number of nitrogens with two attached hydrogens (primary N) is 1. The first-order chi connectivity index (χ1) is 14.9. The SMILES string of the molecule is CN1CC[C@@](O)(C#Cc2cccc(-c3ncc(N[C@@H]4CCOC4)c(C(N)=O)n3)c2)C1=O. The van der Waals surface area contributed by atoms with Crippen molar-refractivity contribution >= 4 is 17.5 Å². The molecule has 1 aromatic heterocycles. The van der Waals surface area contributed by atoms with Crippen LogP contribution in [0.25, 0.3) is 11.4 Å². The average Bonchev–Trinajstić information content (AvgIpc) is 3.37. The quantitative estimate of drug-likeness (QED) is 0.609. The topological polar surface area (TPSA) is 131 Å². The van der Waals surface area contributed by atoms with Gasteiger partial charge in [0.2, 0.25) is 5.60 Å². The number of anilines is 1. The second-order valence-electron chi connectivity index (χ2n) is 7.69. The number of likely N-dealkylation sites (N-methyl/N-ethyl adjacent to an activating group) is 1. The van der Waals surface area contributed by atoms with Crippen LogP contribution in [0.4, 0.5) is 5.69 Å². The van der Waals surface area contributed by atoms with Gasteiger partial charge in [0.15, 0.2) is 11.5 Å². The molecule has 2 amide bonds. The summed E-state index contributed by atoms with van der Waals surface area (Å²) < 4.78 is 5.34. The molecule has 9 heteroatoms. The van der Waals surface area contributed by atoms with Crippen molar-refractivity contribution in [3.05, 3.63) is 41.7 Å². The van der Waals surface area contributed by atoms with Crippen LogP contribution in [0.1, 0.15) is 28.9 Å². The second-order valence-corrected chi connectivity index (χ2v) is 7.69. The van der Waals surface area contributed by atoms with E-state index in [9.17, 15) is 14.7 Å². The maximum Gasteiger partial charge on any atom is 0.269 e. The molecular formula is C22H23N5O4. The Morgan fingerprint density at radius 3 is 2.97 bits per heavy atom. The van der Waals surface area contributed by atoms with Crippen LogP contribution in [-0.2, 0) is 9.53 Å². The average molecular weight is 421 g/mol. The molecule has 4 rings (SSSR count). The molecule has 0 aliphatic carbocycles. The van der Waals surface area contributed by atoms with Gasteiger partial charge in [-0.05, 0) is 18.6 Å². The van der Waals surface area contributed by atoms with Crippen molar-refractivity contribution in [2.75, 3.05) is 32.1 Å². The minimum absolute atomic E-state index is 0.0781. The molecule has 2 aromatic rings. The van der Waals surface area contributed by atoms with Crippen LogP contribution >= 0.6 is 0 Å². The third kappa shape index (κ3) is 4.35. The van der Waals surface area contributed by atoms with E-state index in [0.717, 1.165) is 6.42 Å². The second kappa shape index (κ2) is 8.34. The minimum Gasteiger partial charge on any atom is -0.379 e. The van der Waals surface area contributed by atoms with Gasteiger partial charge in [0, 0.05) is 37.7 Å². The Bertz CT molecular complexity index is 1090. The number of rotatable bonds is 4. The lowest BCUT2D eigenvalue weighted by molar-refractivity contribution is -0.137. The first kappa shape index (κ1) is 20.8. The van der Waals surface area contributed by atoms with Gasteiger partial charge in [0.25, 0.3) is 11.8 Å². The Kier molecular flexibility index (Phi) is 5.59. The molecule has 1 aromatic carbocycles. The number of carbonyl (C=O) groups excluding carboxylic acids is 2. The fourth-order valence-electron chi connectivity index (χ4n) is 3.56. The van der Waals surface area contributed by atoms with Crippen molar-refractivity contribution in [3.63, 3.8) is 0 Å². The summed E-state index contributed by atoms with van der Waals surface area (Å²) in [6.07, 6.45) is 2.63. The van der Waals surface area contributed by atoms with Gasteiger partial charge in [0.1, 0.15) is 0 Å². The number of likely N-dealkylation sites (tertiary alicyclic amines) is 1. The smallest absolute Gasteiger partial charge is 0.269 e. The van der Waals surface area contributed by atoms with Crippen molar-refractivity contribution < 1.29 is 19.4 Å². The highest BCUT2D eigenvalue weighted by atomic mass is 16.5. The van der Waals surface area contributed by atoms with Gasteiger partial charge < -0.3 is 25.8 Å². The lowest BCUT2D eigenvalue weighted by Crippen LogP contribution is -2.37. The van der Waals surface area contributed by atoms with Crippen LogP contribution in [0.5, 0.6) is 0 Å².